The molecule has 0 bridgehead atoms. The molecule has 0 aliphatic heterocycles. The molecule has 1 fully saturated rings. The van der Waals surface area contributed by atoms with E-state index in [9.17, 15) is 18.4 Å². The van der Waals surface area contributed by atoms with Gasteiger partial charge in [-0.2, -0.15) is 0 Å². The molecule has 1 aromatic rings. The van der Waals surface area contributed by atoms with Crippen LogP contribution in [0.2, 0.25) is 0 Å². The van der Waals surface area contributed by atoms with Crippen molar-refractivity contribution in [3.63, 3.8) is 0 Å². The van der Waals surface area contributed by atoms with Gasteiger partial charge in [-0.15, -0.1) is 0 Å². The Bertz CT molecular complexity index is 546. The summed E-state index contributed by atoms with van der Waals surface area (Å²) in [4.78, 5) is 23.2. The Balaban J connectivity index is 1.72. The van der Waals surface area contributed by atoms with E-state index in [1.54, 1.807) is 0 Å². The molecule has 3 amide bonds. The molecule has 2 N–H and O–H groups in total. The highest BCUT2D eigenvalue weighted by Crippen LogP contribution is 2.17. The molecule has 7 heteroatoms. The van der Waals surface area contributed by atoms with Gasteiger partial charge in [0.15, 0.2) is 18.2 Å². The lowest BCUT2D eigenvalue weighted by Gasteiger charge is -2.22. The summed E-state index contributed by atoms with van der Waals surface area (Å²) < 4.78 is 30.7. The Morgan fingerprint density at radius 1 is 1.14 bits per heavy atom. The topological polar surface area (TPSA) is 67.4 Å². The normalized spacial score (nSPS) is 15.2. The summed E-state index contributed by atoms with van der Waals surface area (Å²) in [5, 5.41) is 4.87. The minimum Gasteiger partial charge on any atom is -0.484 e. The number of imide groups is 1. The first kappa shape index (κ1) is 16.2. The van der Waals surface area contributed by atoms with Crippen LogP contribution in [0.4, 0.5) is 13.6 Å². The standard InChI is InChI=1S/C15H18F2N2O3/c16-12-7-6-11(8-13(12)17)22-9-14(20)19-15(21)18-10-4-2-1-3-5-10/h6-8,10H,1-5,9H2,(H2,18,19,20,21). The molecule has 0 heterocycles. The van der Waals surface area contributed by atoms with Crippen LogP contribution in [0.15, 0.2) is 18.2 Å². The average molecular weight is 312 g/mol. The molecular weight excluding hydrogens is 294 g/mol. The number of halogens is 2. The average Bonchev–Trinajstić information content (AvgIpc) is 2.49. The summed E-state index contributed by atoms with van der Waals surface area (Å²) >= 11 is 0. The fraction of sp³-hybridized carbons (Fsp3) is 0.467. The van der Waals surface area contributed by atoms with Gasteiger partial charge in [-0.05, 0) is 25.0 Å². The van der Waals surface area contributed by atoms with Crippen LogP contribution in [0.5, 0.6) is 5.75 Å². The van der Waals surface area contributed by atoms with Crippen molar-refractivity contribution in [1.82, 2.24) is 10.6 Å². The van der Waals surface area contributed by atoms with Gasteiger partial charge in [0.05, 0.1) is 0 Å². The van der Waals surface area contributed by atoms with Gasteiger partial charge in [-0.3, -0.25) is 10.1 Å². The predicted molar refractivity (Wildman–Crippen MR) is 75.4 cm³/mol. The molecule has 0 saturated heterocycles. The molecule has 2 rings (SSSR count). The molecule has 22 heavy (non-hydrogen) atoms. The molecule has 0 atom stereocenters. The van der Waals surface area contributed by atoms with Crippen LogP contribution in [0.25, 0.3) is 0 Å². The smallest absolute Gasteiger partial charge is 0.321 e. The quantitative estimate of drug-likeness (QED) is 0.897. The Hall–Kier alpha value is -2.18. The van der Waals surface area contributed by atoms with Gasteiger partial charge in [-0.1, -0.05) is 19.3 Å². The van der Waals surface area contributed by atoms with Gasteiger partial charge in [0.25, 0.3) is 5.91 Å². The van der Waals surface area contributed by atoms with Gasteiger partial charge < -0.3 is 10.1 Å². The van der Waals surface area contributed by atoms with E-state index < -0.39 is 30.2 Å². The van der Waals surface area contributed by atoms with Crippen molar-refractivity contribution in [2.45, 2.75) is 38.1 Å². The number of nitrogens with one attached hydrogen (secondary N) is 2. The first-order chi connectivity index (χ1) is 10.5. The fourth-order valence-corrected chi connectivity index (χ4v) is 2.35. The number of hydrogen-bond acceptors (Lipinski definition) is 3. The summed E-state index contributed by atoms with van der Waals surface area (Å²) in [5.41, 5.74) is 0. The highest BCUT2D eigenvalue weighted by molar-refractivity contribution is 5.95. The second-order valence-electron chi connectivity index (χ2n) is 5.22. The molecule has 1 saturated carbocycles. The number of rotatable bonds is 4. The summed E-state index contributed by atoms with van der Waals surface area (Å²) in [6.07, 6.45) is 5.12. The Labute approximate surface area is 127 Å². The van der Waals surface area contributed by atoms with Crippen LogP contribution in [0, 0.1) is 11.6 Å². The molecule has 0 radical (unpaired) electrons. The first-order valence-corrected chi connectivity index (χ1v) is 7.23. The molecule has 1 aromatic carbocycles. The van der Waals surface area contributed by atoms with Gasteiger partial charge in [0.2, 0.25) is 0 Å². The Kier molecular flexibility index (Phi) is 5.68. The molecule has 0 unspecified atom stereocenters. The van der Waals surface area contributed by atoms with Crippen LogP contribution in [-0.4, -0.2) is 24.6 Å². The van der Waals surface area contributed by atoms with Crippen LogP contribution in [0.1, 0.15) is 32.1 Å². The zero-order chi connectivity index (χ0) is 15.9. The van der Waals surface area contributed by atoms with E-state index in [0.717, 1.165) is 37.8 Å². The number of hydrogen-bond donors (Lipinski definition) is 2. The minimum atomic E-state index is -1.06. The zero-order valence-electron chi connectivity index (χ0n) is 12.0. The number of carbonyl (C=O) groups excluding carboxylic acids is 2. The van der Waals surface area contributed by atoms with Gasteiger partial charge in [0, 0.05) is 12.1 Å². The van der Waals surface area contributed by atoms with Gasteiger partial charge >= 0.3 is 6.03 Å². The third-order valence-corrected chi connectivity index (χ3v) is 3.45. The summed E-state index contributed by atoms with van der Waals surface area (Å²) in [5.74, 6) is -2.70. The maximum absolute atomic E-state index is 13.0. The largest absolute Gasteiger partial charge is 0.484 e. The van der Waals surface area contributed by atoms with Crippen molar-refractivity contribution in [1.29, 1.82) is 0 Å². The fourth-order valence-electron chi connectivity index (χ4n) is 2.35. The van der Waals surface area contributed by atoms with E-state index in [1.165, 1.54) is 12.5 Å². The number of ether oxygens (including phenoxy) is 1. The molecular formula is C15H18F2N2O3. The van der Waals surface area contributed by atoms with E-state index >= 15 is 0 Å². The second-order valence-corrected chi connectivity index (χ2v) is 5.22. The minimum absolute atomic E-state index is 0.0155. The molecule has 1 aliphatic carbocycles. The van der Waals surface area contributed by atoms with E-state index in [1.807, 2.05) is 0 Å². The van der Waals surface area contributed by atoms with Gasteiger partial charge in [0.1, 0.15) is 5.75 Å². The third-order valence-electron chi connectivity index (χ3n) is 3.45. The molecule has 0 spiro atoms. The lowest BCUT2D eigenvalue weighted by molar-refractivity contribution is -0.122. The van der Waals surface area contributed by atoms with E-state index in [4.69, 9.17) is 4.74 Å². The van der Waals surface area contributed by atoms with Crippen molar-refractivity contribution in [3.8, 4) is 5.75 Å². The van der Waals surface area contributed by atoms with Crippen LogP contribution in [-0.2, 0) is 4.79 Å². The zero-order valence-corrected chi connectivity index (χ0v) is 12.0. The maximum atomic E-state index is 13.0. The van der Waals surface area contributed by atoms with Crippen molar-refractivity contribution < 1.29 is 23.1 Å². The number of urea groups is 1. The van der Waals surface area contributed by atoms with Crippen molar-refractivity contribution in [2.24, 2.45) is 0 Å². The van der Waals surface area contributed by atoms with Gasteiger partial charge in [-0.25, -0.2) is 13.6 Å². The Morgan fingerprint density at radius 3 is 2.55 bits per heavy atom. The monoisotopic (exact) mass is 312 g/mol. The molecule has 0 aromatic heterocycles. The SMILES string of the molecule is O=C(COc1ccc(F)c(F)c1)NC(=O)NC1CCCCC1. The van der Waals surface area contributed by atoms with Crippen molar-refractivity contribution in [2.75, 3.05) is 6.61 Å². The van der Waals surface area contributed by atoms with Crippen molar-refractivity contribution in [3.05, 3.63) is 29.8 Å². The number of benzene rings is 1. The first-order valence-electron chi connectivity index (χ1n) is 7.23. The van der Waals surface area contributed by atoms with Crippen LogP contribution in [0.3, 0.4) is 0 Å². The molecule has 5 nitrogen and oxygen atoms in total. The lowest BCUT2D eigenvalue weighted by atomic mass is 9.96. The summed E-state index contributed by atoms with van der Waals surface area (Å²) in [7, 11) is 0. The lowest BCUT2D eigenvalue weighted by Crippen LogP contribution is -2.46. The maximum Gasteiger partial charge on any atom is 0.321 e. The van der Waals surface area contributed by atoms with E-state index in [2.05, 4.69) is 10.6 Å². The van der Waals surface area contributed by atoms with E-state index in [0.29, 0.717) is 0 Å². The second kappa shape index (κ2) is 7.72. The highest BCUT2D eigenvalue weighted by Gasteiger charge is 2.17. The van der Waals surface area contributed by atoms with E-state index in [-0.39, 0.29) is 11.8 Å². The number of carbonyl (C=O) groups is 2. The summed E-state index contributed by atoms with van der Waals surface area (Å²) in [6, 6.07) is 2.47. The molecule has 120 valence electrons. The molecule has 1 aliphatic rings. The third kappa shape index (κ3) is 4.98. The van der Waals surface area contributed by atoms with Crippen LogP contribution >= 0.6 is 0 Å². The number of amides is 3. The Morgan fingerprint density at radius 2 is 1.86 bits per heavy atom. The van der Waals surface area contributed by atoms with Crippen molar-refractivity contribution >= 4 is 11.9 Å². The summed E-state index contributed by atoms with van der Waals surface area (Å²) in [6.45, 7) is -0.455. The highest BCUT2D eigenvalue weighted by atomic mass is 19.2. The predicted octanol–water partition coefficient (Wildman–Crippen LogP) is 2.50. The van der Waals surface area contributed by atoms with Crippen LogP contribution < -0.4 is 15.4 Å².